The van der Waals surface area contributed by atoms with Crippen molar-refractivity contribution < 1.29 is 14.3 Å². The van der Waals surface area contributed by atoms with Crippen LogP contribution in [0.25, 0.3) is 21.5 Å². The lowest BCUT2D eigenvalue weighted by Gasteiger charge is -2.07. The molecule has 0 fully saturated rings. The zero-order valence-electron chi connectivity index (χ0n) is 9.35. The highest BCUT2D eigenvalue weighted by molar-refractivity contribution is 6.15. The lowest BCUT2D eigenvalue weighted by molar-refractivity contribution is 0.0701. The van der Waals surface area contributed by atoms with Gasteiger partial charge >= 0.3 is 5.97 Å². The van der Waals surface area contributed by atoms with Gasteiger partial charge in [0.1, 0.15) is 5.82 Å². The van der Waals surface area contributed by atoms with Crippen molar-refractivity contribution in [3.05, 3.63) is 59.9 Å². The van der Waals surface area contributed by atoms with Gasteiger partial charge in [-0.3, -0.25) is 0 Å². The largest absolute Gasteiger partial charge is 0.478 e. The Balaban J connectivity index is 2.59. The number of carboxylic acids is 1. The minimum absolute atomic E-state index is 0.155. The molecule has 0 amide bonds. The molecule has 3 rings (SSSR count). The predicted octanol–water partition coefficient (Wildman–Crippen LogP) is 3.83. The third-order valence-electron chi connectivity index (χ3n) is 3.04. The maximum Gasteiger partial charge on any atom is 0.336 e. The molecule has 0 aliphatic heterocycles. The van der Waals surface area contributed by atoms with Crippen molar-refractivity contribution in [1.29, 1.82) is 0 Å². The minimum atomic E-state index is -1.04. The van der Waals surface area contributed by atoms with Crippen LogP contribution in [-0.2, 0) is 0 Å². The Morgan fingerprint density at radius 1 is 0.944 bits per heavy atom. The van der Waals surface area contributed by atoms with Gasteiger partial charge in [0.25, 0.3) is 0 Å². The average molecular weight is 240 g/mol. The predicted molar refractivity (Wildman–Crippen MR) is 68.4 cm³/mol. The third kappa shape index (κ3) is 1.52. The van der Waals surface area contributed by atoms with Gasteiger partial charge in [-0.15, -0.1) is 0 Å². The topological polar surface area (TPSA) is 37.3 Å². The summed E-state index contributed by atoms with van der Waals surface area (Å²) < 4.78 is 13.3. The smallest absolute Gasteiger partial charge is 0.336 e. The van der Waals surface area contributed by atoms with Gasteiger partial charge in [-0.25, -0.2) is 9.18 Å². The number of halogens is 1. The summed E-state index contributed by atoms with van der Waals surface area (Å²) in [6, 6.07) is 13.3. The Labute approximate surface area is 102 Å². The van der Waals surface area contributed by atoms with Gasteiger partial charge in [-0.05, 0) is 39.7 Å². The highest BCUT2D eigenvalue weighted by Crippen LogP contribution is 2.28. The molecular weight excluding hydrogens is 231 g/mol. The molecule has 1 N–H and O–H groups in total. The van der Waals surface area contributed by atoms with Crippen LogP contribution in [0.5, 0.6) is 0 Å². The van der Waals surface area contributed by atoms with E-state index in [9.17, 15) is 14.3 Å². The fourth-order valence-electron chi connectivity index (χ4n) is 2.26. The van der Waals surface area contributed by atoms with Gasteiger partial charge in [0.15, 0.2) is 0 Å². The summed E-state index contributed by atoms with van der Waals surface area (Å²) >= 11 is 0. The summed E-state index contributed by atoms with van der Waals surface area (Å²) in [6.45, 7) is 0. The Bertz CT molecular complexity index is 778. The van der Waals surface area contributed by atoms with E-state index in [-0.39, 0.29) is 5.56 Å². The van der Waals surface area contributed by atoms with Crippen molar-refractivity contribution in [1.82, 2.24) is 0 Å². The van der Waals surface area contributed by atoms with Crippen molar-refractivity contribution in [3.8, 4) is 0 Å². The molecule has 0 atom stereocenters. The average Bonchev–Trinajstić information content (AvgIpc) is 2.35. The summed E-state index contributed by atoms with van der Waals surface area (Å²) in [5.74, 6) is -1.47. The van der Waals surface area contributed by atoms with E-state index in [0.29, 0.717) is 10.8 Å². The van der Waals surface area contributed by atoms with Crippen LogP contribution in [0.15, 0.2) is 48.5 Å². The van der Waals surface area contributed by atoms with Crippen LogP contribution in [0, 0.1) is 5.82 Å². The second kappa shape index (κ2) is 3.81. The molecule has 3 aromatic carbocycles. The fourth-order valence-corrected chi connectivity index (χ4v) is 2.26. The molecule has 0 radical (unpaired) electrons. The Morgan fingerprint density at radius 3 is 2.44 bits per heavy atom. The molecule has 2 nitrogen and oxygen atoms in total. The summed E-state index contributed by atoms with van der Waals surface area (Å²) in [6.07, 6.45) is 0. The van der Waals surface area contributed by atoms with E-state index in [4.69, 9.17) is 0 Å². The number of benzene rings is 3. The number of carbonyl (C=O) groups is 1. The molecular formula is C15H9FO2. The van der Waals surface area contributed by atoms with Gasteiger partial charge in [-0.1, -0.05) is 30.3 Å². The monoisotopic (exact) mass is 240 g/mol. The van der Waals surface area contributed by atoms with Crippen molar-refractivity contribution in [3.63, 3.8) is 0 Å². The lowest BCUT2D eigenvalue weighted by Crippen LogP contribution is -1.99. The molecule has 0 aliphatic rings. The minimum Gasteiger partial charge on any atom is -0.478 e. The van der Waals surface area contributed by atoms with E-state index in [1.165, 1.54) is 12.1 Å². The number of carboxylic acid groups (broad SMARTS) is 1. The van der Waals surface area contributed by atoms with Crippen LogP contribution in [0.4, 0.5) is 4.39 Å². The van der Waals surface area contributed by atoms with E-state index < -0.39 is 11.8 Å². The zero-order chi connectivity index (χ0) is 12.7. The third-order valence-corrected chi connectivity index (χ3v) is 3.04. The van der Waals surface area contributed by atoms with E-state index in [1.807, 2.05) is 18.2 Å². The number of hydrogen-bond acceptors (Lipinski definition) is 1. The van der Waals surface area contributed by atoms with E-state index in [2.05, 4.69) is 0 Å². The van der Waals surface area contributed by atoms with Gasteiger partial charge in [0.05, 0.1) is 5.56 Å². The Kier molecular flexibility index (Phi) is 2.27. The highest BCUT2D eigenvalue weighted by Gasteiger charge is 2.13. The standard InChI is InChI=1S/C15H9FO2/c16-11-6-5-10-7-9-3-1-2-4-12(9)14(15(17)18)13(10)8-11/h1-8H,(H,17,18). The van der Waals surface area contributed by atoms with E-state index >= 15 is 0 Å². The Morgan fingerprint density at radius 2 is 1.67 bits per heavy atom. The lowest BCUT2D eigenvalue weighted by atomic mass is 9.97. The zero-order valence-corrected chi connectivity index (χ0v) is 9.35. The number of fused-ring (bicyclic) bond motifs is 2. The van der Waals surface area contributed by atoms with Crippen LogP contribution >= 0.6 is 0 Å². The first-order valence-electron chi connectivity index (χ1n) is 5.51. The van der Waals surface area contributed by atoms with E-state index in [0.717, 1.165) is 10.8 Å². The molecule has 0 unspecified atom stereocenters. The number of aromatic carboxylic acids is 1. The molecule has 18 heavy (non-hydrogen) atoms. The molecule has 0 bridgehead atoms. The maximum atomic E-state index is 13.3. The molecule has 3 aromatic rings. The molecule has 0 aliphatic carbocycles. The van der Waals surface area contributed by atoms with Crippen LogP contribution < -0.4 is 0 Å². The summed E-state index contributed by atoms with van der Waals surface area (Å²) in [7, 11) is 0. The first-order valence-corrected chi connectivity index (χ1v) is 5.51. The molecule has 0 aromatic heterocycles. The quantitative estimate of drug-likeness (QED) is 0.656. The molecule has 0 heterocycles. The Hall–Kier alpha value is -2.42. The molecule has 88 valence electrons. The van der Waals surface area contributed by atoms with Gasteiger partial charge in [0.2, 0.25) is 0 Å². The number of rotatable bonds is 1. The highest BCUT2D eigenvalue weighted by atomic mass is 19.1. The first kappa shape index (κ1) is 10.7. The summed E-state index contributed by atoms with van der Waals surface area (Å²) in [5, 5.41) is 12.0. The molecule has 3 heteroatoms. The van der Waals surface area contributed by atoms with Crippen molar-refractivity contribution >= 4 is 27.5 Å². The van der Waals surface area contributed by atoms with Crippen LogP contribution in [0.2, 0.25) is 0 Å². The maximum absolute atomic E-state index is 13.3. The molecule has 0 spiro atoms. The fraction of sp³-hybridized carbons (Fsp3) is 0. The SMILES string of the molecule is O=C(O)c1c2ccccc2cc2ccc(F)cc12. The van der Waals surface area contributed by atoms with Gasteiger partial charge in [-0.2, -0.15) is 0 Å². The normalized spacial score (nSPS) is 10.9. The summed E-state index contributed by atoms with van der Waals surface area (Å²) in [5.41, 5.74) is 0.155. The van der Waals surface area contributed by atoms with Crippen molar-refractivity contribution in [2.24, 2.45) is 0 Å². The van der Waals surface area contributed by atoms with Gasteiger partial charge in [0, 0.05) is 0 Å². The molecule has 0 saturated heterocycles. The summed E-state index contributed by atoms with van der Waals surface area (Å²) in [4.78, 5) is 11.4. The first-order chi connectivity index (χ1) is 8.66. The van der Waals surface area contributed by atoms with Gasteiger partial charge < -0.3 is 5.11 Å². The van der Waals surface area contributed by atoms with Crippen LogP contribution in [0.3, 0.4) is 0 Å². The van der Waals surface area contributed by atoms with E-state index in [1.54, 1.807) is 18.2 Å². The second-order valence-electron chi connectivity index (χ2n) is 4.14. The van der Waals surface area contributed by atoms with Crippen molar-refractivity contribution in [2.45, 2.75) is 0 Å². The molecule has 0 saturated carbocycles. The van der Waals surface area contributed by atoms with Crippen molar-refractivity contribution in [2.75, 3.05) is 0 Å². The number of hydrogen-bond donors (Lipinski definition) is 1. The van der Waals surface area contributed by atoms with Crippen LogP contribution in [0.1, 0.15) is 10.4 Å². The van der Waals surface area contributed by atoms with Crippen LogP contribution in [-0.4, -0.2) is 11.1 Å². The second-order valence-corrected chi connectivity index (χ2v) is 4.14.